The van der Waals surface area contributed by atoms with Gasteiger partial charge < -0.3 is 21.4 Å². The molecule has 1 aromatic heterocycles. The normalized spacial score (nSPS) is 15.0. The lowest BCUT2D eigenvalue weighted by Gasteiger charge is -2.31. The summed E-state index contributed by atoms with van der Waals surface area (Å²) in [5.41, 5.74) is 11.1. The van der Waals surface area contributed by atoms with Crippen LogP contribution in [0.3, 0.4) is 0 Å². The van der Waals surface area contributed by atoms with Gasteiger partial charge in [-0.05, 0) is 55.0 Å². The van der Waals surface area contributed by atoms with Crippen molar-refractivity contribution in [1.82, 2.24) is 10.3 Å². The Hall–Kier alpha value is -3.19. The lowest BCUT2D eigenvalue weighted by molar-refractivity contribution is -0.105. The highest BCUT2D eigenvalue weighted by Gasteiger charge is 2.27. The number of hydrogen-bond acceptors (Lipinski definition) is 5. The molecule has 1 heterocycles. The summed E-state index contributed by atoms with van der Waals surface area (Å²) in [5, 5.41) is 13.9. The van der Waals surface area contributed by atoms with E-state index in [-0.39, 0.29) is 11.0 Å². The van der Waals surface area contributed by atoms with Gasteiger partial charge in [0.1, 0.15) is 0 Å². The SMILES string of the molecule is CC1(C)CCC(C(=N)c2cccc(NC=O)c2)=C(N)C1.CNCc1ccc(=O)[nH]c1. The third kappa shape index (κ3) is 6.70. The zero-order valence-electron chi connectivity index (χ0n) is 17.8. The molecule has 1 aliphatic carbocycles. The number of aromatic amines is 1. The van der Waals surface area contributed by atoms with Crippen LogP contribution in [0.15, 0.2) is 58.7 Å². The molecule has 0 atom stereocenters. The molecular weight excluding hydrogens is 378 g/mol. The van der Waals surface area contributed by atoms with Gasteiger partial charge in [-0.2, -0.15) is 0 Å². The average molecular weight is 410 g/mol. The predicted molar refractivity (Wildman–Crippen MR) is 122 cm³/mol. The number of anilines is 1. The highest BCUT2D eigenvalue weighted by atomic mass is 16.1. The van der Waals surface area contributed by atoms with Crippen molar-refractivity contribution in [2.75, 3.05) is 12.4 Å². The first-order valence-corrected chi connectivity index (χ1v) is 9.95. The first kappa shape index (κ1) is 23.1. The van der Waals surface area contributed by atoms with Crippen molar-refractivity contribution in [2.24, 2.45) is 11.1 Å². The Morgan fingerprint density at radius 3 is 2.67 bits per heavy atom. The number of allylic oxidation sites excluding steroid dienone is 2. The van der Waals surface area contributed by atoms with Crippen LogP contribution < -0.4 is 21.9 Å². The van der Waals surface area contributed by atoms with Gasteiger partial charge in [0.25, 0.3) is 0 Å². The highest BCUT2D eigenvalue weighted by molar-refractivity contribution is 6.11. The summed E-state index contributed by atoms with van der Waals surface area (Å²) in [7, 11) is 1.87. The van der Waals surface area contributed by atoms with Crippen molar-refractivity contribution in [3.8, 4) is 0 Å². The lowest BCUT2D eigenvalue weighted by Crippen LogP contribution is -2.25. The molecule has 1 aliphatic rings. The first-order valence-electron chi connectivity index (χ1n) is 9.95. The zero-order chi connectivity index (χ0) is 22.1. The van der Waals surface area contributed by atoms with Crippen LogP contribution in [0.5, 0.6) is 0 Å². The fourth-order valence-corrected chi connectivity index (χ4v) is 3.38. The molecular formula is C23H31N5O2. The average Bonchev–Trinajstić information content (AvgIpc) is 2.70. The molecule has 0 spiro atoms. The Morgan fingerprint density at radius 2 is 2.07 bits per heavy atom. The van der Waals surface area contributed by atoms with E-state index in [1.165, 1.54) is 6.07 Å². The third-order valence-electron chi connectivity index (χ3n) is 5.02. The van der Waals surface area contributed by atoms with Gasteiger partial charge in [-0.25, -0.2) is 0 Å². The Morgan fingerprint density at radius 1 is 1.30 bits per heavy atom. The highest BCUT2D eigenvalue weighted by Crippen LogP contribution is 2.37. The topological polar surface area (TPSA) is 124 Å². The van der Waals surface area contributed by atoms with Gasteiger partial charge in [0.05, 0.1) is 5.71 Å². The van der Waals surface area contributed by atoms with Gasteiger partial charge in [0.15, 0.2) is 0 Å². The molecule has 0 aliphatic heterocycles. The second-order valence-corrected chi connectivity index (χ2v) is 8.15. The second-order valence-electron chi connectivity index (χ2n) is 8.15. The minimum atomic E-state index is -0.0557. The standard InChI is InChI=1S/C16H21N3O.C7H10N2O/c1-16(2)7-6-13(14(17)9-16)15(18)11-4-3-5-12(8-11)19-10-20;1-8-4-6-2-3-7(10)9-5-6/h3-5,8,10,18H,6-7,9,17H2,1-2H3,(H,19,20);2-3,5,8H,4H2,1H3,(H,9,10). The Kier molecular flexibility index (Phi) is 8.12. The molecule has 1 aromatic carbocycles. The molecule has 0 fully saturated rings. The van der Waals surface area contributed by atoms with E-state index in [9.17, 15) is 9.59 Å². The number of benzene rings is 1. The minimum absolute atomic E-state index is 0.0557. The molecule has 7 nitrogen and oxygen atoms in total. The molecule has 2 aromatic rings. The molecule has 0 bridgehead atoms. The molecule has 0 saturated heterocycles. The summed E-state index contributed by atoms with van der Waals surface area (Å²) in [6.07, 6.45) is 5.05. The van der Waals surface area contributed by atoms with E-state index in [4.69, 9.17) is 11.1 Å². The summed E-state index contributed by atoms with van der Waals surface area (Å²) in [6, 6.07) is 10.6. The van der Waals surface area contributed by atoms with Crippen LogP contribution in [0.25, 0.3) is 0 Å². The fraction of sp³-hybridized carbons (Fsp3) is 0.348. The van der Waals surface area contributed by atoms with Crippen molar-refractivity contribution in [1.29, 1.82) is 5.41 Å². The van der Waals surface area contributed by atoms with E-state index in [0.717, 1.165) is 48.2 Å². The number of nitrogens with two attached hydrogens (primary N) is 1. The van der Waals surface area contributed by atoms with Gasteiger partial charge >= 0.3 is 0 Å². The molecule has 0 radical (unpaired) electrons. The number of carbonyl (C=O) groups is 1. The molecule has 6 N–H and O–H groups in total. The van der Waals surface area contributed by atoms with E-state index in [1.54, 1.807) is 24.4 Å². The van der Waals surface area contributed by atoms with Gasteiger partial charge in [-0.3, -0.25) is 15.0 Å². The number of rotatable bonds is 6. The Labute approximate surface area is 177 Å². The maximum absolute atomic E-state index is 10.5. The van der Waals surface area contributed by atoms with Gasteiger partial charge in [-0.1, -0.05) is 32.0 Å². The van der Waals surface area contributed by atoms with Crippen LogP contribution >= 0.6 is 0 Å². The fourth-order valence-electron chi connectivity index (χ4n) is 3.38. The number of aromatic nitrogens is 1. The molecule has 30 heavy (non-hydrogen) atoms. The summed E-state index contributed by atoms with van der Waals surface area (Å²) < 4.78 is 0. The summed E-state index contributed by atoms with van der Waals surface area (Å²) in [5.74, 6) is 0. The van der Waals surface area contributed by atoms with E-state index in [1.807, 2.05) is 19.2 Å². The number of nitrogens with one attached hydrogen (secondary N) is 4. The minimum Gasteiger partial charge on any atom is -0.402 e. The number of pyridine rings is 1. The Bertz CT molecular complexity index is 955. The summed E-state index contributed by atoms with van der Waals surface area (Å²) in [4.78, 5) is 23.6. The molecule has 1 amide bonds. The number of hydrogen-bond donors (Lipinski definition) is 5. The van der Waals surface area contributed by atoms with E-state index in [0.29, 0.717) is 17.8 Å². The van der Waals surface area contributed by atoms with Crippen molar-refractivity contribution < 1.29 is 4.79 Å². The monoisotopic (exact) mass is 409 g/mol. The van der Waals surface area contributed by atoms with E-state index >= 15 is 0 Å². The first-order chi connectivity index (χ1) is 14.3. The number of amides is 1. The smallest absolute Gasteiger partial charge is 0.247 e. The summed E-state index contributed by atoms with van der Waals surface area (Å²) >= 11 is 0. The maximum atomic E-state index is 10.5. The maximum Gasteiger partial charge on any atom is 0.247 e. The van der Waals surface area contributed by atoms with Crippen LogP contribution in [-0.2, 0) is 11.3 Å². The summed E-state index contributed by atoms with van der Waals surface area (Å²) in [6.45, 7) is 5.19. The van der Waals surface area contributed by atoms with Crippen LogP contribution in [0.1, 0.15) is 44.2 Å². The zero-order valence-corrected chi connectivity index (χ0v) is 17.8. The number of H-pyrrole nitrogens is 1. The van der Waals surface area contributed by atoms with Crippen molar-refractivity contribution in [2.45, 2.75) is 39.7 Å². The van der Waals surface area contributed by atoms with Crippen molar-refractivity contribution >= 4 is 17.8 Å². The van der Waals surface area contributed by atoms with Gasteiger partial charge in [0.2, 0.25) is 12.0 Å². The number of carbonyl (C=O) groups excluding carboxylic acids is 1. The third-order valence-corrected chi connectivity index (χ3v) is 5.02. The molecule has 0 saturated carbocycles. The second kappa shape index (κ2) is 10.5. The molecule has 0 unspecified atom stereocenters. The van der Waals surface area contributed by atoms with Crippen LogP contribution in [0.2, 0.25) is 0 Å². The van der Waals surface area contributed by atoms with E-state index in [2.05, 4.69) is 29.5 Å². The predicted octanol–water partition coefficient (Wildman–Crippen LogP) is 3.14. The largest absolute Gasteiger partial charge is 0.402 e. The van der Waals surface area contributed by atoms with Crippen LogP contribution in [-0.4, -0.2) is 24.2 Å². The molecule has 3 rings (SSSR count). The van der Waals surface area contributed by atoms with Gasteiger partial charge in [-0.15, -0.1) is 0 Å². The van der Waals surface area contributed by atoms with Crippen molar-refractivity contribution in [3.05, 3.63) is 75.3 Å². The molecule has 160 valence electrons. The Balaban J connectivity index is 0.000000269. The van der Waals surface area contributed by atoms with Gasteiger partial charge in [0, 0.05) is 35.8 Å². The lowest BCUT2D eigenvalue weighted by atomic mass is 9.75. The van der Waals surface area contributed by atoms with E-state index < -0.39 is 0 Å². The quantitative estimate of drug-likeness (QED) is 0.371. The van der Waals surface area contributed by atoms with Crippen molar-refractivity contribution in [3.63, 3.8) is 0 Å². The van der Waals surface area contributed by atoms with Crippen LogP contribution in [0, 0.1) is 10.8 Å². The van der Waals surface area contributed by atoms with Crippen LogP contribution in [0.4, 0.5) is 5.69 Å². The molecule has 7 heteroatoms.